The van der Waals surface area contributed by atoms with Gasteiger partial charge in [0.2, 0.25) is 11.8 Å². The molecule has 29 heavy (non-hydrogen) atoms. The lowest BCUT2D eigenvalue weighted by Crippen LogP contribution is -2.52. The zero-order valence-corrected chi connectivity index (χ0v) is 15.9. The van der Waals surface area contributed by atoms with Crippen LogP contribution in [0, 0.1) is 0 Å². The van der Waals surface area contributed by atoms with Crippen molar-refractivity contribution in [2.24, 2.45) is 0 Å². The number of nitrogens with one attached hydrogen (secondary N) is 1. The van der Waals surface area contributed by atoms with Crippen LogP contribution in [0.2, 0.25) is 0 Å². The van der Waals surface area contributed by atoms with Crippen molar-refractivity contribution in [1.82, 2.24) is 15.1 Å². The Bertz CT molecular complexity index is 958. The highest BCUT2D eigenvalue weighted by Crippen LogP contribution is 2.33. The Balaban J connectivity index is 1.58. The molecule has 0 radical (unpaired) electrons. The van der Waals surface area contributed by atoms with Crippen LogP contribution in [-0.2, 0) is 20.9 Å². The van der Waals surface area contributed by atoms with E-state index in [1.54, 1.807) is 12.1 Å². The third-order valence-electron chi connectivity index (χ3n) is 6.12. The SMILES string of the molecule is CC1(C(=O)O)CCCN1C(=O)c1ccc2c(c1)C(=O)N(C1CCC(=O)NC1=O)C2. The molecule has 9 heteroatoms. The molecule has 4 rings (SSSR count). The van der Waals surface area contributed by atoms with E-state index in [9.17, 15) is 29.1 Å². The molecule has 2 fully saturated rings. The summed E-state index contributed by atoms with van der Waals surface area (Å²) in [6.07, 6.45) is 1.41. The molecule has 2 N–H and O–H groups in total. The number of carbonyl (C=O) groups is 5. The molecule has 0 aliphatic carbocycles. The number of hydrogen-bond donors (Lipinski definition) is 2. The molecule has 152 valence electrons. The van der Waals surface area contributed by atoms with E-state index >= 15 is 0 Å². The highest BCUT2D eigenvalue weighted by Gasteiger charge is 2.46. The Morgan fingerprint density at radius 2 is 2.00 bits per heavy atom. The van der Waals surface area contributed by atoms with Crippen molar-refractivity contribution in [3.05, 3.63) is 34.9 Å². The summed E-state index contributed by atoms with van der Waals surface area (Å²) in [4.78, 5) is 63.8. The number of amides is 4. The summed E-state index contributed by atoms with van der Waals surface area (Å²) in [7, 11) is 0. The first kappa shape index (κ1) is 19.1. The minimum absolute atomic E-state index is 0.170. The van der Waals surface area contributed by atoms with Crippen LogP contribution >= 0.6 is 0 Å². The fourth-order valence-electron chi connectivity index (χ4n) is 4.35. The van der Waals surface area contributed by atoms with Gasteiger partial charge in [0.15, 0.2) is 0 Å². The molecule has 9 nitrogen and oxygen atoms in total. The molecule has 2 unspecified atom stereocenters. The monoisotopic (exact) mass is 399 g/mol. The molecule has 0 aromatic heterocycles. The molecule has 4 amide bonds. The maximum Gasteiger partial charge on any atom is 0.329 e. The number of hydrogen-bond acceptors (Lipinski definition) is 5. The average Bonchev–Trinajstić information content (AvgIpc) is 3.22. The Morgan fingerprint density at radius 3 is 2.69 bits per heavy atom. The first-order valence-electron chi connectivity index (χ1n) is 9.55. The smallest absolute Gasteiger partial charge is 0.329 e. The van der Waals surface area contributed by atoms with Crippen LogP contribution in [0.1, 0.15) is 58.9 Å². The van der Waals surface area contributed by atoms with Crippen molar-refractivity contribution in [1.29, 1.82) is 0 Å². The van der Waals surface area contributed by atoms with Crippen molar-refractivity contribution in [2.75, 3.05) is 6.54 Å². The number of nitrogens with zero attached hydrogens (tertiary/aromatic N) is 2. The van der Waals surface area contributed by atoms with Gasteiger partial charge in [-0.05, 0) is 43.9 Å². The van der Waals surface area contributed by atoms with Crippen molar-refractivity contribution in [2.45, 2.75) is 50.7 Å². The Morgan fingerprint density at radius 1 is 1.24 bits per heavy atom. The van der Waals surface area contributed by atoms with Crippen LogP contribution in [0.3, 0.4) is 0 Å². The number of aliphatic carboxylic acids is 1. The van der Waals surface area contributed by atoms with Crippen molar-refractivity contribution in [3.8, 4) is 0 Å². The first-order valence-corrected chi connectivity index (χ1v) is 9.55. The molecule has 2 atom stereocenters. The molecular weight excluding hydrogens is 378 g/mol. The third-order valence-corrected chi connectivity index (χ3v) is 6.12. The van der Waals surface area contributed by atoms with Gasteiger partial charge >= 0.3 is 5.97 Å². The Kier molecular flexibility index (Phi) is 4.40. The maximum atomic E-state index is 13.0. The minimum atomic E-state index is -1.27. The number of rotatable bonds is 3. The Hall–Kier alpha value is -3.23. The number of benzene rings is 1. The highest BCUT2D eigenvalue weighted by atomic mass is 16.4. The summed E-state index contributed by atoms with van der Waals surface area (Å²) in [5, 5.41) is 11.8. The van der Waals surface area contributed by atoms with Crippen LogP contribution in [0.15, 0.2) is 18.2 Å². The number of likely N-dealkylation sites (tertiary alicyclic amines) is 1. The molecule has 2 saturated heterocycles. The standard InChI is InChI=1S/C20H21N3O6/c1-20(19(28)29)7-2-8-23(20)17(26)11-3-4-12-10-22(18(27)13(12)9-11)14-5-6-15(24)21-16(14)25/h3-4,9,14H,2,5-8,10H2,1H3,(H,28,29)(H,21,24,25). The maximum absolute atomic E-state index is 13.0. The van der Waals surface area contributed by atoms with Gasteiger partial charge in [-0.2, -0.15) is 0 Å². The molecule has 1 aromatic rings. The average molecular weight is 399 g/mol. The number of carboxylic acids is 1. The minimum Gasteiger partial charge on any atom is -0.480 e. The van der Waals surface area contributed by atoms with Gasteiger partial charge in [-0.15, -0.1) is 0 Å². The quantitative estimate of drug-likeness (QED) is 0.715. The third kappa shape index (κ3) is 2.97. The van der Waals surface area contributed by atoms with E-state index in [-0.39, 0.29) is 36.8 Å². The second kappa shape index (κ2) is 6.68. The topological polar surface area (TPSA) is 124 Å². The van der Waals surface area contributed by atoms with E-state index in [1.165, 1.54) is 22.8 Å². The fraction of sp³-hybridized carbons (Fsp3) is 0.450. The van der Waals surface area contributed by atoms with E-state index in [2.05, 4.69) is 5.32 Å². The van der Waals surface area contributed by atoms with Crippen molar-refractivity contribution >= 4 is 29.6 Å². The lowest BCUT2D eigenvalue weighted by molar-refractivity contribution is -0.147. The van der Waals surface area contributed by atoms with E-state index in [0.29, 0.717) is 30.5 Å². The van der Waals surface area contributed by atoms with E-state index in [0.717, 1.165) is 0 Å². The Labute approximate surface area is 166 Å². The summed E-state index contributed by atoms with van der Waals surface area (Å²) >= 11 is 0. The zero-order chi connectivity index (χ0) is 20.9. The van der Waals surface area contributed by atoms with Gasteiger partial charge < -0.3 is 14.9 Å². The number of fused-ring (bicyclic) bond motifs is 1. The number of piperidine rings is 1. The van der Waals surface area contributed by atoms with E-state index in [4.69, 9.17) is 0 Å². The molecule has 0 bridgehead atoms. The van der Waals surface area contributed by atoms with Gasteiger partial charge in [-0.3, -0.25) is 24.5 Å². The summed E-state index contributed by atoms with van der Waals surface area (Å²) in [6, 6.07) is 4.01. The first-order chi connectivity index (χ1) is 13.7. The summed E-state index contributed by atoms with van der Waals surface area (Å²) in [5.41, 5.74) is 0.00539. The van der Waals surface area contributed by atoms with Crippen LogP contribution < -0.4 is 5.32 Å². The van der Waals surface area contributed by atoms with Crippen LogP contribution in [0.4, 0.5) is 0 Å². The molecule has 1 aromatic carbocycles. The molecular formula is C20H21N3O6. The number of carbonyl (C=O) groups excluding carboxylic acids is 4. The van der Waals surface area contributed by atoms with Gasteiger partial charge in [0.05, 0.1) is 0 Å². The summed E-state index contributed by atoms with van der Waals surface area (Å²) < 4.78 is 0. The van der Waals surface area contributed by atoms with Gasteiger partial charge in [-0.1, -0.05) is 6.07 Å². The van der Waals surface area contributed by atoms with Gasteiger partial charge in [-0.25, -0.2) is 4.79 Å². The van der Waals surface area contributed by atoms with E-state index < -0.39 is 29.4 Å². The van der Waals surface area contributed by atoms with Crippen LogP contribution in [-0.4, -0.2) is 62.6 Å². The van der Waals surface area contributed by atoms with Gasteiger partial charge in [0.25, 0.3) is 11.8 Å². The molecule has 3 heterocycles. The molecule has 3 aliphatic rings. The van der Waals surface area contributed by atoms with E-state index in [1.807, 2.05) is 0 Å². The zero-order valence-electron chi connectivity index (χ0n) is 15.9. The number of imide groups is 1. The summed E-state index contributed by atoms with van der Waals surface area (Å²) in [6.45, 7) is 2.10. The predicted octanol–water partition coefficient (Wildman–Crippen LogP) is 0.527. The largest absolute Gasteiger partial charge is 0.480 e. The lowest BCUT2D eigenvalue weighted by atomic mass is 9.98. The highest BCUT2D eigenvalue weighted by molar-refractivity contribution is 6.07. The lowest BCUT2D eigenvalue weighted by Gasteiger charge is -2.31. The number of carboxylic acid groups (broad SMARTS) is 1. The van der Waals surface area contributed by atoms with Crippen molar-refractivity contribution in [3.63, 3.8) is 0 Å². The van der Waals surface area contributed by atoms with Crippen LogP contribution in [0.5, 0.6) is 0 Å². The normalized spacial score (nSPS) is 26.5. The van der Waals surface area contributed by atoms with Crippen molar-refractivity contribution < 1.29 is 29.1 Å². The van der Waals surface area contributed by atoms with Crippen LogP contribution in [0.25, 0.3) is 0 Å². The molecule has 3 aliphatic heterocycles. The van der Waals surface area contributed by atoms with Gasteiger partial charge in [0, 0.05) is 30.6 Å². The fourth-order valence-corrected chi connectivity index (χ4v) is 4.35. The molecule has 0 saturated carbocycles. The summed E-state index contributed by atoms with van der Waals surface area (Å²) in [5.74, 6) is -2.69. The molecule has 0 spiro atoms. The second-order valence-electron chi connectivity index (χ2n) is 7.91. The predicted molar refractivity (Wildman–Crippen MR) is 98.8 cm³/mol. The second-order valence-corrected chi connectivity index (χ2v) is 7.91. The van der Waals surface area contributed by atoms with Gasteiger partial charge in [0.1, 0.15) is 11.6 Å².